The first-order chi connectivity index (χ1) is 13.7. The number of piperidine rings is 1. The molecule has 0 radical (unpaired) electrons. The van der Waals surface area contributed by atoms with Gasteiger partial charge in [0.15, 0.2) is 11.5 Å². The summed E-state index contributed by atoms with van der Waals surface area (Å²) >= 11 is 0. The van der Waals surface area contributed by atoms with E-state index in [1.54, 1.807) is 23.1 Å². The second-order valence-electron chi connectivity index (χ2n) is 7.24. The zero-order chi connectivity index (χ0) is 19.3. The van der Waals surface area contributed by atoms with Crippen LogP contribution in [-0.2, 0) is 16.0 Å². The Labute approximate surface area is 164 Å². The van der Waals surface area contributed by atoms with Gasteiger partial charge in [-0.1, -0.05) is 30.3 Å². The van der Waals surface area contributed by atoms with Crippen molar-refractivity contribution in [1.82, 2.24) is 4.90 Å². The van der Waals surface area contributed by atoms with Crippen molar-refractivity contribution in [2.75, 3.05) is 31.6 Å². The zero-order valence-electron chi connectivity index (χ0n) is 15.7. The summed E-state index contributed by atoms with van der Waals surface area (Å²) in [7, 11) is 0. The van der Waals surface area contributed by atoms with E-state index < -0.39 is 11.8 Å². The van der Waals surface area contributed by atoms with Crippen molar-refractivity contribution in [2.45, 2.75) is 19.3 Å². The summed E-state index contributed by atoms with van der Waals surface area (Å²) in [5.74, 6) is 0.688. The van der Waals surface area contributed by atoms with Crippen LogP contribution in [0.2, 0.25) is 0 Å². The first-order valence-corrected chi connectivity index (χ1v) is 9.73. The fraction of sp³-hybridized carbons (Fsp3) is 0.364. The molecule has 1 N–H and O–H groups in total. The monoisotopic (exact) mass is 380 g/mol. The second kappa shape index (κ2) is 8.33. The molecule has 0 saturated carbocycles. The van der Waals surface area contributed by atoms with E-state index in [1.165, 1.54) is 5.56 Å². The van der Waals surface area contributed by atoms with E-state index in [-0.39, 0.29) is 0 Å². The topological polar surface area (TPSA) is 67.9 Å². The molecule has 1 fully saturated rings. The van der Waals surface area contributed by atoms with Gasteiger partial charge in [-0.2, -0.15) is 0 Å². The van der Waals surface area contributed by atoms with Crippen molar-refractivity contribution in [3.8, 4) is 11.5 Å². The quantitative estimate of drug-likeness (QED) is 0.832. The molecule has 1 saturated heterocycles. The van der Waals surface area contributed by atoms with Crippen LogP contribution in [0.25, 0.3) is 0 Å². The minimum absolute atomic E-state index is 0.473. The molecule has 2 aromatic carbocycles. The Balaban J connectivity index is 1.29. The van der Waals surface area contributed by atoms with Gasteiger partial charge in [-0.15, -0.1) is 0 Å². The Morgan fingerprint density at radius 1 is 0.964 bits per heavy atom. The lowest BCUT2D eigenvalue weighted by molar-refractivity contribution is -0.144. The number of amides is 2. The Hall–Kier alpha value is -3.02. The van der Waals surface area contributed by atoms with Crippen LogP contribution in [0.1, 0.15) is 18.4 Å². The number of benzene rings is 2. The summed E-state index contributed by atoms with van der Waals surface area (Å²) < 4.78 is 11.0. The molecule has 0 spiro atoms. The molecule has 2 aliphatic rings. The van der Waals surface area contributed by atoms with Crippen LogP contribution in [0.4, 0.5) is 5.69 Å². The van der Waals surface area contributed by atoms with Gasteiger partial charge < -0.3 is 19.7 Å². The highest BCUT2D eigenvalue weighted by Crippen LogP contribution is 2.32. The maximum atomic E-state index is 12.5. The van der Waals surface area contributed by atoms with Gasteiger partial charge >= 0.3 is 11.8 Å². The maximum Gasteiger partial charge on any atom is 0.313 e. The molecule has 28 heavy (non-hydrogen) atoms. The van der Waals surface area contributed by atoms with Gasteiger partial charge in [0.1, 0.15) is 13.2 Å². The molecular formula is C22H24N2O4. The second-order valence-corrected chi connectivity index (χ2v) is 7.24. The number of hydrogen-bond acceptors (Lipinski definition) is 4. The molecule has 2 aromatic rings. The molecule has 0 aliphatic carbocycles. The molecular weight excluding hydrogens is 356 g/mol. The number of anilines is 1. The largest absolute Gasteiger partial charge is 0.486 e. The van der Waals surface area contributed by atoms with Gasteiger partial charge in [-0.25, -0.2) is 0 Å². The molecule has 2 heterocycles. The number of ether oxygens (including phenoxy) is 2. The molecule has 0 atom stereocenters. The fourth-order valence-electron chi connectivity index (χ4n) is 3.74. The van der Waals surface area contributed by atoms with Gasteiger partial charge in [0, 0.05) is 24.8 Å². The van der Waals surface area contributed by atoms with Gasteiger partial charge in [0.05, 0.1) is 0 Å². The highest BCUT2D eigenvalue weighted by atomic mass is 16.6. The Bertz CT molecular complexity index is 845. The predicted octanol–water partition coefficient (Wildman–Crippen LogP) is 2.88. The molecule has 146 valence electrons. The zero-order valence-corrected chi connectivity index (χ0v) is 15.7. The Kier molecular flexibility index (Phi) is 5.46. The van der Waals surface area contributed by atoms with Crippen LogP contribution in [0.3, 0.4) is 0 Å². The molecule has 2 aliphatic heterocycles. The molecule has 0 bridgehead atoms. The van der Waals surface area contributed by atoms with E-state index in [4.69, 9.17) is 9.47 Å². The van der Waals surface area contributed by atoms with E-state index in [9.17, 15) is 9.59 Å². The van der Waals surface area contributed by atoms with Crippen molar-refractivity contribution < 1.29 is 19.1 Å². The molecule has 4 rings (SSSR count). The minimum Gasteiger partial charge on any atom is -0.486 e. The van der Waals surface area contributed by atoms with Gasteiger partial charge in [-0.05, 0) is 42.9 Å². The third kappa shape index (κ3) is 4.27. The first kappa shape index (κ1) is 18.3. The van der Waals surface area contributed by atoms with Crippen molar-refractivity contribution in [1.29, 1.82) is 0 Å². The number of rotatable bonds is 3. The average molecular weight is 380 g/mol. The summed E-state index contributed by atoms with van der Waals surface area (Å²) in [6, 6.07) is 15.5. The van der Waals surface area contributed by atoms with E-state index in [1.807, 2.05) is 6.07 Å². The highest BCUT2D eigenvalue weighted by molar-refractivity contribution is 6.39. The predicted molar refractivity (Wildman–Crippen MR) is 106 cm³/mol. The number of nitrogens with one attached hydrogen (secondary N) is 1. The third-order valence-corrected chi connectivity index (χ3v) is 5.26. The van der Waals surface area contributed by atoms with Gasteiger partial charge in [-0.3, -0.25) is 9.59 Å². The molecule has 6 heteroatoms. The van der Waals surface area contributed by atoms with Crippen LogP contribution in [0.15, 0.2) is 48.5 Å². The maximum absolute atomic E-state index is 12.5. The molecule has 2 amide bonds. The molecule has 0 unspecified atom stereocenters. The standard InChI is InChI=1S/C22H24N2O4/c25-21(23-18-6-7-19-20(15-18)28-13-12-27-19)22(26)24-10-8-17(9-11-24)14-16-4-2-1-3-5-16/h1-7,15,17H,8-14H2,(H,23,25). The van der Waals surface area contributed by atoms with Crippen molar-refractivity contribution in [3.05, 3.63) is 54.1 Å². The van der Waals surface area contributed by atoms with E-state index in [0.29, 0.717) is 49.4 Å². The smallest absolute Gasteiger partial charge is 0.313 e. The summed E-state index contributed by atoms with van der Waals surface area (Å²) in [4.78, 5) is 26.5. The molecule has 6 nitrogen and oxygen atoms in total. The number of nitrogens with zero attached hydrogens (tertiary/aromatic N) is 1. The van der Waals surface area contributed by atoms with Crippen LogP contribution in [-0.4, -0.2) is 43.0 Å². The normalized spacial score (nSPS) is 16.5. The van der Waals surface area contributed by atoms with Crippen molar-refractivity contribution in [2.24, 2.45) is 5.92 Å². The number of likely N-dealkylation sites (tertiary alicyclic amines) is 1. The van der Waals surface area contributed by atoms with Crippen LogP contribution in [0.5, 0.6) is 11.5 Å². The first-order valence-electron chi connectivity index (χ1n) is 9.73. The Morgan fingerprint density at radius 3 is 2.43 bits per heavy atom. The fourth-order valence-corrected chi connectivity index (χ4v) is 3.74. The summed E-state index contributed by atoms with van der Waals surface area (Å²) in [6.07, 6.45) is 2.85. The van der Waals surface area contributed by atoms with Crippen molar-refractivity contribution >= 4 is 17.5 Å². The highest BCUT2D eigenvalue weighted by Gasteiger charge is 2.27. The number of carbonyl (C=O) groups excluding carboxylic acids is 2. The summed E-state index contributed by atoms with van der Waals surface area (Å²) in [5.41, 5.74) is 1.85. The lowest BCUT2D eigenvalue weighted by atomic mass is 9.90. The lowest BCUT2D eigenvalue weighted by Crippen LogP contribution is -2.44. The summed E-state index contributed by atoms with van der Waals surface area (Å²) in [6.45, 7) is 2.22. The number of carbonyl (C=O) groups is 2. The van der Waals surface area contributed by atoms with E-state index >= 15 is 0 Å². The number of hydrogen-bond donors (Lipinski definition) is 1. The van der Waals surface area contributed by atoms with Gasteiger partial charge in [0.25, 0.3) is 0 Å². The minimum atomic E-state index is -0.613. The lowest BCUT2D eigenvalue weighted by Gasteiger charge is -2.31. The number of fused-ring (bicyclic) bond motifs is 1. The van der Waals surface area contributed by atoms with E-state index in [0.717, 1.165) is 19.3 Å². The van der Waals surface area contributed by atoms with Crippen molar-refractivity contribution in [3.63, 3.8) is 0 Å². The Morgan fingerprint density at radius 2 is 1.68 bits per heavy atom. The van der Waals surface area contributed by atoms with Crippen LogP contribution >= 0.6 is 0 Å². The summed E-state index contributed by atoms with van der Waals surface area (Å²) in [5, 5.41) is 2.67. The van der Waals surface area contributed by atoms with Crippen LogP contribution in [0, 0.1) is 5.92 Å². The van der Waals surface area contributed by atoms with E-state index in [2.05, 4.69) is 29.6 Å². The van der Waals surface area contributed by atoms with Crippen LogP contribution < -0.4 is 14.8 Å². The third-order valence-electron chi connectivity index (χ3n) is 5.26. The molecule has 0 aromatic heterocycles. The van der Waals surface area contributed by atoms with Gasteiger partial charge in [0.2, 0.25) is 0 Å². The SMILES string of the molecule is O=C(Nc1ccc2c(c1)OCCO2)C(=O)N1CCC(Cc2ccccc2)CC1. The average Bonchev–Trinajstić information content (AvgIpc) is 2.74.